The van der Waals surface area contributed by atoms with E-state index in [0.29, 0.717) is 0 Å². The molecule has 0 bridgehead atoms. The molecule has 1 aromatic heterocycles. The van der Waals surface area contributed by atoms with Crippen molar-refractivity contribution in [1.29, 1.82) is 0 Å². The predicted octanol–water partition coefficient (Wildman–Crippen LogP) is 16.4. The highest BCUT2D eigenvalue weighted by Crippen LogP contribution is 2.67. The van der Waals surface area contributed by atoms with Gasteiger partial charge >= 0.3 is 0 Å². The van der Waals surface area contributed by atoms with Crippen LogP contribution >= 0.6 is 0 Å². The van der Waals surface area contributed by atoms with Gasteiger partial charge in [0.05, 0.1) is 16.5 Å². The van der Waals surface area contributed by atoms with Gasteiger partial charge in [0.2, 0.25) is 0 Å². The van der Waals surface area contributed by atoms with Crippen molar-refractivity contribution < 1.29 is 4.42 Å². The summed E-state index contributed by atoms with van der Waals surface area (Å²) in [4.78, 5) is 2.53. The molecule has 0 fully saturated rings. The molecule has 10 aromatic carbocycles. The minimum absolute atomic E-state index is 0.189. The van der Waals surface area contributed by atoms with E-state index >= 15 is 0 Å². The molecule has 0 aliphatic heterocycles. The summed E-state index contributed by atoms with van der Waals surface area (Å²) >= 11 is 0. The average Bonchev–Trinajstić information content (AvgIpc) is 3.99. The second-order valence-corrected chi connectivity index (χ2v) is 19.1. The summed E-state index contributed by atoms with van der Waals surface area (Å²) in [5.41, 5.74) is 21.7. The first-order valence-electron chi connectivity index (χ1n) is 23.5. The number of nitrogens with zero attached hydrogens (tertiary/aromatic N) is 1. The fourth-order valence-electron chi connectivity index (χ4n) is 12.9. The Hall–Kier alpha value is -8.20. The lowest BCUT2D eigenvalue weighted by molar-refractivity contribution is 0.627. The Morgan fingerprint density at radius 2 is 0.836 bits per heavy atom. The summed E-state index contributed by atoms with van der Waals surface area (Å²) < 4.78 is 6.47. The maximum absolute atomic E-state index is 6.47. The Morgan fingerprint density at radius 1 is 0.328 bits per heavy atom. The van der Waals surface area contributed by atoms with Crippen LogP contribution in [0.1, 0.15) is 69.5 Å². The van der Waals surface area contributed by atoms with Crippen LogP contribution in [-0.4, -0.2) is 0 Å². The van der Waals surface area contributed by atoms with Gasteiger partial charge in [0, 0.05) is 27.6 Å². The van der Waals surface area contributed by atoms with Gasteiger partial charge < -0.3 is 9.32 Å². The van der Waals surface area contributed by atoms with Gasteiger partial charge in [0.15, 0.2) is 0 Å². The van der Waals surface area contributed by atoms with Crippen molar-refractivity contribution in [1.82, 2.24) is 0 Å². The van der Waals surface area contributed by atoms with Crippen LogP contribution in [0.3, 0.4) is 0 Å². The van der Waals surface area contributed by atoms with Crippen molar-refractivity contribution in [3.05, 3.63) is 292 Å². The van der Waals surface area contributed by atoms with Crippen molar-refractivity contribution in [3.8, 4) is 22.3 Å². The van der Waals surface area contributed by atoms with E-state index in [0.717, 1.165) is 39.0 Å². The molecule has 0 spiro atoms. The highest BCUT2D eigenvalue weighted by Gasteiger charge is 2.58. The summed E-state index contributed by atoms with van der Waals surface area (Å²) in [6.45, 7) is 4.75. The molecule has 0 amide bonds. The van der Waals surface area contributed by atoms with Crippen LogP contribution in [0.25, 0.3) is 44.2 Å². The predicted molar refractivity (Wildman–Crippen MR) is 275 cm³/mol. The summed E-state index contributed by atoms with van der Waals surface area (Å²) in [6, 6.07) is 88.6. The molecule has 3 aliphatic rings. The standard InChI is InChI=1S/C65H45NO/c1-63(2)52-28-12-9-24-46(52)48-38-36-45(41-58(48)63)66(44-37-39-61-51(40-44)49-26-11-18-35-60(49)67-61)59-34-17-16-32-56(59)64(42-20-5-3-6-21-42)54-30-14-15-31-55(54)65(43-22-7-4-8-23-43)53-29-13-10-25-47(53)50-27-19-33-57(64)62(50)65/h3-41H,1-2H3. The third-order valence-corrected chi connectivity index (χ3v) is 15.6. The molecular weight excluding hydrogens is 811 g/mol. The van der Waals surface area contributed by atoms with Crippen LogP contribution in [0.4, 0.5) is 17.1 Å². The summed E-state index contributed by atoms with van der Waals surface area (Å²) in [7, 11) is 0. The lowest BCUT2D eigenvalue weighted by Crippen LogP contribution is -2.44. The van der Waals surface area contributed by atoms with Crippen LogP contribution in [-0.2, 0) is 16.2 Å². The second-order valence-electron chi connectivity index (χ2n) is 19.1. The van der Waals surface area contributed by atoms with Gasteiger partial charge in [-0.25, -0.2) is 0 Å². The molecule has 316 valence electrons. The fraction of sp³-hybridized carbons (Fsp3) is 0.0769. The SMILES string of the molecule is CC1(C)c2ccccc2-c2ccc(N(c3ccc4oc5ccccc5c4c3)c3ccccc3C3(c4ccccc4)c4ccccc4C4(c5ccccc5)c5ccccc5-c5cccc3c54)cc21. The number of anilines is 3. The smallest absolute Gasteiger partial charge is 0.135 e. The molecule has 0 saturated heterocycles. The van der Waals surface area contributed by atoms with E-state index in [9.17, 15) is 0 Å². The normalized spacial score (nSPS) is 17.9. The number of benzene rings is 10. The topological polar surface area (TPSA) is 16.4 Å². The molecule has 2 unspecified atom stereocenters. The summed E-state index contributed by atoms with van der Waals surface area (Å²) in [5, 5.41) is 2.20. The lowest BCUT2D eigenvalue weighted by atomic mass is 9.51. The number of para-hydroxylation sites is 2. The Bertz CT molecular complexity index is 3800. The molecule has 11 aromatic rings. The molecule has 67 heavy (non-hydrogen) atoms. The van der Waals surface area contributed by atoms with Crippen molar-refractivity contribution in [3.63, 3.8) is 0 Å². The van der Waals surface area contributed by atoms with Gasteiger partial charge in [-0.2, -0.15) is 0 Å². The van der Waals surface area contributed by atoms with Crippen LogP contribution in [0, 0.1) is 0 Å². The second kappa shape index (κ2) is 13.9. The zero-order valence-electron chi connectivity index (χ0n) is 37.4. The van der Waals surface area contributed by atoms with Gasteiger partial charge in [-0.05, 0) is 120 Å². The van der Waals surface area contributed by atoms with Gasteiger partial charge in [-0.1, -0.05) is 208 Å². The molecule has 3 aliphatic carbocycles. The number of furan rings is 1. The Labute approximate surface area is 391 Å². The summed E-state index contributed by atoms with van der Waals surface area (Å²) in [6.07, 6.45) is 0. The minimum atomic E-state index is -0.753. The Balaban J connectivity index is 1.12. The number of hydrogen-bond acceptors (Lipinski definition) is 2. The Kier molecular flexibility index (Phi) is 7.91. The lowest BCUT2D eigenvalue weighted by Gasteiger charge is -2.50. The molecule has 2 heteroatoms. The third-order valence-electron chi connectivity index (χ3n) is 15.6. The summed E-state index contributed by atoms with van der Waals surface area (Å²) in [5.74, 6) is 0. The van der Waals surface area contributed by atoms with Gasteiger partial charge in [-0.15, -0.1) is 0 Å². The van der Waals surface area contributed by atoms with Crippen LogP contribution < -0.4 is 4.90 Å². The quantitative estimate of drug-likeness (QED) is 0.166. The highest BCUT2D eigenvalue weighted by atomic mass is 16.3. The van der Waals surface area contributed by atoms with E-state index in [1.807, 2.05) is 0 Å². The van der Waals surface area contributed by atoms with Crippen LogP contribution in [0.5, 0.6) is 0 Å². The van der Waals surface area contributed by atoms with E-state index in [4.69, 9.17) is 4.42 Å². The van der Waals surface area contributed by atoms with E-state index in [2.05, 4.69) is 255 Å². The van der Waals surface area contributed by atoms with E-state index < -0.39 is 10.8 Å². The largest absolute Gasteiger partial charge is 0.456 e. The molecule has 2 atom stereocenters. The maximum Gasteiger partial charge on any atom is 0.135 e. The van der Waals surface area contributed by atoms with Crippen molar-refractivity contribution in [2.45, 2.75) is 30.1 Å². The average molecular weight is 856 g/mol. The molecular formula is C65H45NO. The van der Waals surface area contributed by atoms with Crippen molar-refractivity contribution >= 4 is 39.0 Å². The Morgan fingerprint density at radius 3 is 1.60 bits per heavy atom. The van der Waals surface area contributed by atoms with E-state index in [1.54, 1.807) is 0 Å². The molecule has 1 heterocycles. The van der Waals surface area contributed by atoms with Crippen molar-refractivity contribution in [2.75, 3.05) is 4.90 Å². The zero-order chi connectivity index (χ0) is 44.5. The zero-order valence-corrected chi connectivity index (χ0v) is 37.4. The first kappa shape index (κ1) is 38.1. The number of rotatable bonds is 6. The fourth-order valence-corrected chi connectivity index (χ4v) is 12.9. The van der Waals surface area contributed by atoms with Crippen LogP contribution in [0.15, 0.2) is 241 Å². The third kappa shape index (κ3) is 4.94. The first-order chi connectivity index (χ1) is 33.0. The van der Waals surface area contributed by atoms with Gasteiger partial charge in [0.1, 0.15) is 11.2 Å². The molecule has 0 saturated carbocycles. The van der Waals surface area contributed by atoms with Gasteiger partial charge in [-0.3, -0.25) is 0 Å². The van der Waals surface area contributed by atoms with E-state index in [-0.39, 0.29) is 5.41 Å². The maximum atomic E-state index is 6.47. The highest BCUT2D eigenvalue weighted by molar-refractivity contribution is 6.07. The minimum Gasteiger partial charge on any atom is -0.456 e. The molecule has 14 rings (SSSR count). The first-order valence-corrected chi connectivity index (χ1v) is 23.5. The molecule has 0 N–H and O–H groups in total. The van der Waals surface area contributed by atoms with Gasteiger partial charge in [0.25, 0.3) is 0 Å². The number of hydrogen-bond donors (Lipinski definition) is 0. The number of fused-ring (bicyclic) bond motifs is 11. The van der Waals surface area contributed by atoms with E-state index in [1.165, 1.54) is 77.9 Å². The van der Waals surface area contributed by atoms with Crippen LogP contribution in [0.2, 0.25) is 0 Å². The van der Waals surface area contributed by atoms with Crippen molar-refractivity contribution in [2.24, 2.45) is 0 Å². The molecule has 2 nitrogen and oxygen atoms in total. The monoisotopic (exact) mass is 855 g/mol. The molecule has 0 radical (unpaired) electrons.